The van der Waals surface area contributed by atoms with E-state index in [0.717, 1.165) is 44.9 Å². The van der Waals surface area contributed by atoms with Crippen LogP contribution in [0, 0.1) is 0 Å². The highest BCUT2D eigenvalue weighted by Gasteiger charge is 2.19. The molecule has 0 radical (unpaired) electrons. The van der Waals surface area contributed by atoms with Crippen LogP contribution in [-0.2, 0) is 0 Å². The van der Waals surface area contributed by atoms with Gasteiger partial charge in [-0.3, -0.25) is 15.1 Å². The molecule has 0 unspecified atom stereocenters. The number of benzene rings is 2. The predicted octanol–water partition coefficient (Wildman–Crippen LogP) is 4.35. The maximum Gasteiger partial charge on any atom is 0.231 e. The summed E-state index contributed by atoms with van der Waals surface area (Å²) < 4.78 is 11.0. The number of imidazole rings is 1. The maximum absolute atomic E-state index is 5.55. The number of para-hydroxylation sites is 1. The maximum atomic E-state index is 5.55. The molecule has 9 heteroatoms. The summed E-state index contributed by atoms with van der Waals surface area (Å²) in [7, 11) is 0. The fourth-order valence-electron chi connectivity index (χ4n) is 4.08. The van der Waals surface area contributed by atoms with E-state index in [1.807, 2.05) is 48.5 Å². The van der Waals surface area contributed by atoms with E-state index in [9.17, 15) is 0 Å². The summed E-state index contributed by atoms with van der Waals surface area (Å²) in [4.78, 5) is 21.6. The molecule has 2 N–H and O–H groups in total. The van der Waals surface area contributed by atoms with Gasteiger partial charge in [0.1, 0.15) is 11.2 Å². The second kappa shape index (κ2) is 6.86. The number of nitrogens with one attached hydrogen (secondary N) is 2. The first-order valence-electron chi connectivity index (χ1n) is 10.3. The van der Waals surface area contributed by atoms with Gasteiger partial charge in [-0.25, -0.2) is 9.97 Å². The molecular weight excluding hydrogens is 418 g/mol. The van der Waals surface area contributed by atoms with E-state index in [0.29, 0.717) is 22.7 Å². The SMILES string of the molecule is c1cc(-c2ccc3c(c2)OCO3)c2nc(-c3n[nH]c4ccc(-c5cnccn5)nc34)[nH]c2c1. The average Bonchev–Trinajstić information content (AvgIpc) is 3.60. The molecule has 1 aliphatic rings. The Hall–Kier alpha value is -4.79. The molecule has 0 saturated carbocycles. The summed E-state index contributed by atoms with van der Waals surface area (Å²) in [5, 5.41) is 7.54. The minimum atomic E-state index is 0.241. The van der Waals surface area contributed by atoms with Crippen LogP contribution in [0.25, 0.3) is 56.1 Å². The van der Waals surface area contributed by atoms with Gasteiger partial charge in [0.2, 0.25) is 6.79 Å². The van der Waals surface area contributed by atoms with Gasteiger partial charge in [-0.05, 0) is 35.9 Å². The van der Waals surface area contributed by atoms with Gasteiger partial charge in [-0.15, -0.1) is 0 Å². The van der Waals surface area contributed by atoms with Gasteiger partial charge in [-0.2, -0.15) is 5.10 Å². The molecule has 33 heavy (non-hydrogen) atoms. The lowest BCUT2D eigenvalue weighted by atomic mass is 10.0. The van der Waals surface area contributed by atoms with E-state index in [4.69, 9.17) is 19.4 Å². The van der Waals surface area contributed by atoms with Gasteiger partial charge in [0.05, 0.1) is 28.4 Å². The first kappa shape index (κ1) is 17.8. The van der Waals surface area contributed by atoms with Gasteiger partial charge in [0.15, 0.2) is 23.0 Å². The van der Waals surface area contributed by atoms with Crippen molar-refractivity contribution in [3.8, 4) is 45.5 Å². The largest absolute Gasteiger partial charge is 0.454 e. The average molecular weight is 433 g/mol. The van der Waals surface area contributed by atoms with Crippen LogP contribution in [0.15, 0.2) is 67.1 Å². The van der Waals surface area contributed by atoms with Crippen molar-refractivity contribution in [2.45, 2.75) is 0 Å². The summed E-state index contributed by atoms with van der Waals surface area (Å²) in [6.45, 7) is 0.241. The number of pyridine rings is 1. The van der Waals surface area contributed by atoms with E-state index in [-0.39, 0.29) is 6.79 Å². The molecule has 158 valence electrons. The normalized spacial score (nSPS) is 12.6. The van der Waals surface area contributed by atoms with Gasteiger partial charge in [0, 0.05) is 18.0 Å². The minimum absolute atomic E-state index is 0.241. The highest BCUT2D eigenvalue weighted by atomic mass is 16.7. The predicted molar refractivity (Wildman–Crippen MR) is 122 cm³/mol. The molecule has 9 nitrogen and oxygen atoms in total. The topological polar surface area (TPSA) is 114 Å². The Bertz CT molecular complexity index is 1660. The van der Waals surface area contributed by atoms with Crippen molar-refractivity contribution in [1.82, 2.24) is 35.1 Å². The molecule has 2 aromatic carbocycles. The van der Waals surface area contributed by atoms with Crippen LogP contribution in [0.2, 0.25) is 0 Å². The molecule has 6 aromatic rings. The minimum Gasteiger partial charge on any atom is -0.454 e. The van der Waals surface area contributed by atoms with E-state index < -0.39 is 0 Å². The quantitative estimate of drug-likeness (QED) is 0.426. The van der Waals surface area contributed by atoms with Crippen molar-refractivity contribution in [1.29, 1.82) is 0 Å². The molecule has 0 aliphatic carbocycles. The van der Waals surface area contributed by atoms with Crippen molar-refractivity contribution >= 4 is 22.1 Å². The highest BCUT2D eigenvalue weighted by Crippen LogP contribution is 2.38. The molecule has 0 spiro atoms. The molecule has 0 bridgehead atoms. The number of rotatable bonds is 3. The molecule has 0 fully saturated rings. The molecule has 5 heterocycles. The summed E-state index contributed by atoms with van der Waals surface area (Å²) in [5.74, 6) is 2.12. The summed E-state index contributed by atoms with van der Waals surface area (Å²) >= 11 is 0. The second-order valence-electron chi connectivity index (χ2n) is 7.61. The third-order valence-electron chi connectivity index (χ3n) is 5.65. The molecule has 0 atom stereocenters. The van der Waals surface area contributed by atoms with Crippen LogP contribution in [0.4, 0.5) is 0 Å². The number of H-pyrrole nitrogens is 2. The molecule has 7 rings (SSSR count). The smallest absolute Gasteiger partial charge is 0.231 e. The fraction of sp³-hybridized carbons (Fsp3) is 0.0417. The third kappa shape index (κ3) is 2.83. The fourth-order valence-corrected chi connectivity index (χ4v) is 4.08. The Balaban J connectivity index is 1.37. The van der Waals surface area contributed by atoms with Crippen molar-refractivity contribution in [3.05, 3.63) is 67.1 Å². The standard InChI is InChI=1S/C24H15N7O2/c1-2-14(13-4-7-19-20(10-13)33-12-32-19)21-16(3-1)28-24(29-21)23-22-17(30-31-23)6-5-15(27-22)18-11-25-8-9-26-18/h1-11H,12H2,(H,28,29)(H,30,31). The zero-order valence-corrected chi connectivity index (χ0v) is 17.1. The number of fused-ring (bicyclic) bond motifs is 3. The molecule has 0 amide bonds. The summed E-state index contributed by atoms with van der Waals surface area (Å²) in [6, 6.07) is 15.8. The van der Waals surface area contributed by atoms with Crippen molar-refractivity contribution in [2.75, 3.05) is 6.79 Å². The Labute approximate surface area is 186 Å². The van der Waals surface area contributed by atoms with Crippen LogP contribution < -0.4 is 9.47 Å². The lowest BCUT2D eigenvalue weighted by Crippen LogP contribution is -1.92. The van der Waals surface area contributed by atoms with Gasteiger partial charge < -0.3 is 14.5 Å². The van der Waals surface area contributed by atoms with Crippen LogP contribution >= 0.6 is 0 Å². The molecule has 4 aromatic heterocycles. The molecular formula is C24H15N7O2. The lowest BCUT2D eigenvalue weighted by molar-refractivity contribution is 0.174. The summed E-state index contributed by atoms with van der Waals surface area (Å²) in [5.41, 5.74) is 7.31. The van der Waals surface area contributed by atoms with Gasteiger partial charge in [-0.1, -0.05) is 18.2 Å². The molecule has 0 saturated heterocycles. The van der Waals surface area contributed by atoms with Crippen LogP contribution in [0.1, 0.15) is 0 Å². The van der Waals surface area contributed by atoms with Gasteiger partial charge >= 0.3 is 0 Å². The first-order valence-corrected chi connectivity index (χ1v) is 10.3. The Morgan fingerprint density at radius 1 is 0.818 bits per heavy atom. The van der Waals surface area contributed by atoms with E-state index in [2.05, 4.69) is 25.1 Å². The number of hydrogen-bond donors (Lipinski definition) is 2. The zero-order chi connectivity index (χ0) is 21.8. The van der Waals surface area contributed by atoms with Gasteiger partial charge in [0.25, 0.3) is 0 Å². The number of nitrogens with zero attached hydrogens (tertiary/aromatic N) is 5. The number of hydrogen-bond acceptors (Lipinski definition) is 7. The Morgan fingerprint density at radius 2 is 1.79 bits per heavy atom. The van der Waals surface area contributed by atoms with Crippen molar-refractivity contribution in [2.24, 2.45) is 0 Å². The number of aromatic amines is 2. The third-order valence-corrected chi connectivity index (χ3v) is 5.65. The monoisotopic (exact) mass is 433 g/mol. The number of aromatic nitrogens is 7. The Kier molecular flexibility index (Phi) is 3.71. The van der Waals surface area contributed by atoms with E-state index in [1.165, 1.54) is 0 Å². The van der Waals surface area contributed by atoms with E-state index >= 15 is 0 Å². The van der Waals surface area contributed by atoms with Crippen LogP contribution in [0.3, 0.4) is 0 Å². The second-order valence-corrected chi connectivity index (χ2v) is 7.61. The van der Waals surface area contributed by atoms with Crippen molar-refractivity contribution < 1.29 is 9.47 Å². The number of ether oxygens (including phenoxy) is 2. The highest BCUT2D eigenvalue weighted by molar-refractivity contribution is 5.96. The van der Waals surface area contributed by atoms with Crippen LogP contribution in [-0.4, -0.2) is 41.9 Å². The van der Waals surface area contributed by atoms with Crippen LogP contribution in [0.5, 0.6) is 11.5 Å². The first-order chi connectivity index (χ1) is 16.3. The Morgan fingerprint density at radius 3 is 2.73 bits per heavy atom. The zero-order valence-electron chi connectivity index (χ0n) is 17.1. The van der Waals surface area contributed by atoms with Crippen molar-refractivity contribution in [3.63, 3.8) is 0 Å². The van der Waals surface area contributed by atoms with E-state index in [1.54, 1.807) is 18.6 Å². The lowest BCUT2D eigenvalue weighted by Gasteiger charge is -2.04. The molecule has 1 aliphatic heterocycles. The summed E-state index contributed by atoms with van der Waals surface area (Å²) in [6.07, 6.45) is 4.97.